The van der Waals surface area contributed by atoms with E-state index in [2.05, 4.69) is 36.9 Å². The molecular weight excluding hydrogens is 1210 g/mol. The summed E-state index contributed by atoms with van der Waals surface area (Å²) in [6.07, 6.45) is 3.22. The summed E-state index contributed by atoms with van der Waals surface area (Å²) in [6, 6.07) is 3.54. The highest BCUT2D eigenvalue weighted by Crippen LogP contribution is 2.32. The molecule has 1 aliphatic heterocycles. The number of carbonyl (C=O) groups excluding carboxylic acids is 10. The lowest BCUT2D eigenvalue weighted by molar-refractivity contribution is -0.150. The first-order chi connectivity index (χ1) is 43.0. The minimum Gasteiger partial charge on any atom is -0.481 e. The number of nitrogens with one attached hydrogen (secondary N) is 6. The highest BCUT2D eigenvalue weighted by Gasteiger charge is 2.41. The molecule has 5 unspecified atom stereocenters. The molecular formula is C64H102N10O15S2. The first-order valence-electron chi connectivity index (χ1n) is 31.6. The van der Waals surface area contributed by atoms with E-state index in [0.29, 0.717) is 44.0 Å². The number of hydrogen-bond donors (Lipinski definition) is 7. The second kappa shape index (κ2) is 39.8. The summed E-state index contributed by atoms with van der Waals surface area (Å²) in [5, 5.41) is 28.2. The molecule has 0 bridgehead atoms. The van der Waals surface area contributed by atoms with Crippen LogP contribution in [0.2, 0.25) is 0 Å². The number of ether oxygens (including phenoxy) is 3. The van der Waals surface area contributed by atoms with Gasteiger partial charge in [-0.3, -0.25) is 62.5 Å². The molecule has 7 N–H and O–H groups in total. The van der Waals surface area contributed by atoms with Crippen LogP contribution >= 0.6 is 23.1 Å². The molecule has 0 aliphatic carbocycles. The molecule has 3 rings (SSSR count). The number of carbonyl (C=O) groups is 11. The fourth-order valence-corrected chi connectivity index (χ4v) is 11.6. The molecule has 1 aromatic carbocycles. The number of carboxylic acid groups (broad SMARTS) is 1. The number of imide groups is 1. The van der Waals surface area contributed by atoms with Crippen LogP contribution in [0.3, 0.4) is 0 Å². The van der Waals surface area contributed by atoms with E-state index in [0.717, 1.165) is 27.4 Å². The fraction of sp³-hybridized carbons (Fsp3) is 0.688. The highest BCUT2D eigenvalue weighted by molar-refractivity contribution is 8.00. The molecule has 2 aromatic rings. The van der Waals surface area contributed by atoms with E-state index >= 15 is 4.79 Å². The molecule has 27 heteroatoms. The zero-order chi connectivity index (χ0) is 68.1. The third-order valence-corrected chi connectivity index (χ3v) is 18.2. The first-order valence-corrected chi connectivity index (χ1v) is 33.8. The van der Waals surface area contributed by atoms with Gasteiger partial charge in [0.25, 0.3) is 5.91 Å². The molecule has 0 radical (unpaired) electrons. The van der Waals surface area contributed by atoms with Gasteiger partial charge in [-0.2, -0.15) is 11.8 Å². The maximum atomic E-state index is 15.1. The zero-order valence-corrected chi connectivity index (χ0v) is 57.5. The second-order valence-electron chi connectivity index (χ2n) is 24.3. The van der Waals surface area contributed by atoms with Crippen molar-refractivity contribution in [2.24, 2.45) is 17.8 Å². The van der Waals surface area contributed by atoms with E-state index in [1.54, 1.807) is 56.4 Å². The minimum atomic E-state index is -1.23. The Labute approximate surface area is 545 Å². The third-order valence-electron chi connectivity index (χ3n) is 16.3. The van der Waals surface area contributed by atoms with Gasteiger partial charge in [0.05, 0.1) is 36.5 Å². The smallest absolute Gasteiger partial charge is 0.306 e. The number of rotatable bonds is 43. The van der Waals surface area contributed by atoms with Gasteiger partial charge in [-0.15, -0.1) is 11.3 Å². The van der Waals surface area contributed by atoms with Gasteiger partial charge in [-0.05, 0) is 96.9 Å². The van der Waals surface area contributed by atoms with Crippen molar-refractivity contribution in [1.82, 2.24) is 51.6 Å². The largest absolute Gasteiger partial charge is 0.481 e. The topological polar surface area (TPSA) is 330 Å². The predicted molar refractivity (Wildman–Crippen MR) is 347 cm³/mol. The summed E-state index contributed by atoms with van der Waals surface area (Å²) in [5.41, 5.74) is 0.820. The van der Waals surface area contributed by atoms with Gasteiger partial charge >= 0.3 is 11.9 Å². The van der Waals surface area contributed by atoms with Crippen LogP contribution in [0.4, 0.5) is 0 Å². The predicted octanol–water partition coefficient (Wildman–Crippen LogP) is 4.73. The van der Waals surface area contributed by atoms with E-state index in [1.807, 2.05) is 65.8 Å². The molecule has 1 saturated heterocycles. The number of likely N-dealkylation sites (N-methyl/N-ethyl adjacent to an activating group) is 1. The average Bonchev–Trinajstić information content (AvgIpc) is 2.15. The monoisotopic (exact) mass is 1310 g/mol. The number of aromatic nitrogens is 1. The van der Waals surface area contributed by atoms with Crippen molar-refractivity contribution < 1.29 is 72.1 Å². The average molecular weight is 1320 g/mol. The van der Waals surface area contributed by atoms with Crippen molar-refractivity contribution in [2.45, 2.75) is 194 Å². The van der Waals surface area contributed by atoms with Crippen molar-refractivity contribution in [2.75, 3.05) is 73.0 Å². The molecule has 1 aromatic heterocycles. The number of hydrogen-bond acceptors (Lipinski definition) is 18. The minimum absolute atomic E-state index is 0.0483. The number of thioether (sulfide) groups is 1. The van der Waals surface area contributed by atoms with Gasteiger partial charge in [0, 0.05) is 89.9 Å². The molecule has 9 amide bonds. The summed E-state index contributed by atoms with van der Waals surface area (Å²) in [5.74, 6) is -6.72. The van der Waals surface area contributed by atoms with Crippen LogP contribution in [0, 0.1) is 24.7 Å². The number of methoxy groups -OCH3 is 1. The fourth-order valence-electron chi connectivity index (χ4n) is 10.1. The number of likely N-dealkylation sites (tertiary alicyclic amines) is 1. The number of thiazole rings is 1. The summed E-state index contributed by atoms with van der Waals surface area (Å²) in [6.45, 7) is 21.0. The van der Waals surface area contributed by atoms with Gasteiger partial charge in [-0.25, -0.2) is 4.98 Å². The van der Waals surface area contributed by atoms with Crippen LogP contribution in [0.15, 0.2) is 29.6 Å². The van der Waals surface area contributed by atoms with Crippen LogP contribution < -0.4 is 31.9 Å². The van der Waals surface area contributed by atoms with Crippen molar-refractivity contribution in [3.8, 4) is 0 Å². The Morgan fingerprint density at radius 1 is 0.857 bits per heavy atom. The van der Waals surface area contributed by atoms with E-state index in [9.17, 15) is 53.1 Å². The maximum absolute atomic E-state index is 15.1. The summed E-state index contributed by atoms with van der Waals surface area (Å²) in [4.78, 5) is 155. The Morgan fingerprint density at radius 2 is 1.55 bits per heavy atom. The molecule has 0 saturated carbocycles. The lowest BCUT2D eigenvalue weighted by atomic mass is 9.91. The number of amides is 9. The van der Waals surface area contributed by atoms with Gasteiger partial charge < -0.3 is 56.1 Å². The second-order valence-corrected chi connectivity index (χ2v) is 26.2. The lowest BCUT2D eigenvalue weighted by Gasteiger charge is -2.41. The van der Waals surface area contributed by atoms with Gasteiger partial charge in [0.2, 0.25) is 47.3 Å². The number of aliphatic carboxylic acids is 1. The van der Waals surface area contributed by atoms with Crippen LogP contribution in [0.25, 0.3) is 0 Å². The molecule has 9 atom stereocenters. The van der Waals surface area contributed by atoms with Crippen molar-refractivity contribution in [3.05, 3.63) is 51.5 Å². The number of carboxylic acids is 1. The van der Waals surface area contributed by atoms with Crippen LogP contribution in [0.5, 0.6) is 0 Å². The van der Waals surface area contributed by atoms with Gasteiger partial charge in [0.1, 0.15) is 28.8 Å². The van der Waals surface area contributed by atoms with Crippen LogP contribution in [-0.4, -0.2) is 204 Å². The van der Waals surface area contributed by atoms with E-state index in [-0.39, 0.29) is 125 Å². The van der Waals surface area contributed by atoms with Crippen molar-refractivity contribution in [1.29, 1.82) is 0 Å². The standard InChI is InChI=1S/C64H102N10O15S2/c1-15-28-73(49(39(3)4)36-50(89-44(9)75)59-70-48(38-91-59)58(81)68-46(34-42(7)62(84)85)35-45-23-21-40(5)22-24-45)61(83)55(41(6)16-2)71-63(86)64(10,11)72(12)30-27-66-56(79)43(8)67-57(80)47(19-17-26-65-52(76)25-31-88-33-32-87-13)69-53(77)20-18-29-74-54(78)37-51(90-14)60(74)82/h21-24,38-39,41-43,46-47,49-51,55H,15-20,25-37H2,1-14H3,(H,65,76)(H,66,79)(H,67,80)(H,68,81)(H,69,77)(H,71,86)(H,84,85)/t41?,42?,43?,46-,47?,49-,50-,51?,55+/m1/s1. The summed E-state index contributed by atoms with van der Waals surface area (Å²) >= 11 is 2.42. The summed E-state index contributed by atoms with van der Waals surface area (Å²) in [7, 11) is 3.25. The number of nitrogens with zero attached hydrogens (tertiary/aromatic N) is 4. The highest BCUT2D eigenvalue weighted by atomic mass is 32.2. The molecule has 2 heterocycles. The van der Waals surface area contributed by atoms with Gasteiger partial charge in [-0.1, -0.05) is 77.8 Å². The molecule has 25 nitrogen and oxygen atoms in total. The Balaban J connectivity index is 1.71. The molecule has 91 heavy (non-hydrogen) atoms. The third kappa shape index (κ3) is 26.2. The number of aryl methyl sites for hydroxylation is 1. The molecule has 1 aliphatic rings. The maximum Gasteiger partial charge on any atom is 0.306 e. The summed E-state index contributed by atoms with van der Waals surface area (Å²) < 4.78 is 16.2. The SMILES string of the molecule is CCCN(C(=O)[C@@H](NC(=O)C(C)(C)N(C)CCNC(=O)C(C)NC(=O)C(CCCNC(=O)CCOCCOC)NC(=O)CCCN1C(=O)CC(SC)C1=O)C(C)CC)[C@H](C[C@@H](OC(C)=O)c1nc(C(=O)N[C@@H](Cc2ccc(C)cc2)CC(C)C(=O)O)cs1)C(C)C. The first kappa shape index (κ1) is 78.7. The number of benzene rings is 1. The lowest BCUT2D eigenvalue weighted by Crippen LogP contribution is -2.61. The van der Waals surface area contributed by atoms with E-state index in [1.165, 1.54) is 25.6 Å². The van der Waals surface area contributed by atoms with Gasteiger partial charge in [0.15, 0.2) is 6.10 Å². The van der Waals surface area contributed by atoms with E-state index in [4.69, 9.17) is 14.2 Å². The van der Waals surface area contributed by atoms with Crippen molar-refractivity contribution in [3.63, 3.8) is 0 Å². The quantitative estimate of drug-likeness (QED) is 0.0268. The zero-order valence-electron chi connectivity index (χ0n) is 55.9. The van der Waals surface area contributed by atoms with Crippen LogP contribution in [-0.2, 0) is 68.6 Å². The Hall–Kier alpha value is -6.55. The normalized spacial score (nSPS) is 16.0. The van der Waals surface area contributed by atoms with Crippen LogP contribution in [0.1, 0.15) is 166 Å². The molecule has 510 valence electrons. The Morgan fingerprint density at radius 3 is 2.15 bits per heavy atom. The molecule has 0 spiro atoms. The van der Waals surface area contributed by atoms with E-state index < -0.39 is 94.5 Å². The number of esters is 1. The Kier molecular flexibility index (Phi) is 34.4. The molecule has 1 fully saturated rings. The van der Waals surface area contributed by atoms with Crippen molar-refractivity contribution >= 4 is 88.2 Å². The Bertz CT molecular complexity index is 2730.